The molecule has 0 N–H and O–H groups in total. The number of rotatable bonds is 4. The summed E-state index contributed by atoms with van der Waals surface area (Å²) in [5, 5.41) is 0. The summed E-state index contributed by atoms with van der Waals surface area (Å²) in [5.41, 5.74) is 0. The number of hydrogen-bond donors (Lipinski definition) is 0. The van der Waals surface area contributed by atoms with Crippen LogP contribution in [0.3, 0.4) is 0 Å². The van der Waals surface area contributed by atoms with Crippen LogP contribution in [-0.2, 0) is 0 Å². The first-order valence-corrected chi connectivity index (χ1v) is 4.12. The molecule has 0 bridgehead atoms. The lowest BCUT2D eigenvalue weighted by Crippen LogP contribution is -1.87. The van der Waals surface area contributed by atoms with Gasteiger partial charge in [-0.1, -0.05) is 33.1 Å². The van der Waals surface area contributed by atoms with Crippen LogP contribution < -0.4 is 0 Å². The fraction of sp³-hybridized carbons (Fsp3) is 0.889. The predicted molar refractivity (Wildman–Crippen MR) is 41.1 cm³/mol. The molecule has 1 rings (SSSR count). The Balaban J connectivity index is 1.81. The van der Waals surface area contributed by atoms with Crippen LogP contribution in [0.2, 0.25) is 0 Å². The molecule has 0 nitrogen and oxygen atoms in total. The maximum absolute atomic E-state index is 2.42. The first kappa shape index (κ1) is 7.11. The molecule has 0 aromatic heterocycles. The van der Waals surface area contributed by atoms with Gasteiger partial charge in [0.05, 0.1) is 0 Å². The summed E-state index contributed by atoms with van der Waals surface area (Å²) in [5.74, 6) is 1.92. The van der Waals surface area contributed by atoms with Crippen LogP contribution in [0.25, 0.3) is 0 Å². The van der Waals surface area contributed by atoms with Crippen LogP contribution in [0, 0.1) is 18.3 Å². The SMILES string of the molecule is CC(C)CCCC1[CH]C1. The normalized spacial score (nSPS) is 19.0. The van der Waals surface area contributed by atoms with E-state index in [4.69, 9.17) is 0 Å². The van der Waals surface area contributed by atoms with Gasteiger partial charge in [0.1, 0.15) is 0 Å². The molecule has 1 unspecified atom stereocenters. The van der Waals surface area contributed by atoms with Gasteiger partial charge in [-0.2, -0.15) is 0 Å². The molecule has 0 spiro atoms. The van der Waals surface area contributed by atoms with Gasteiger partial charge in [0.15, 0.2) is 0 Å². The Hall–Kier alpha value is 0. The van der Waals surface area contributed by atoms with Crippen molar-refractivity contribution in [3.63, 3.8) is 0 Å². The quantitative estimate of drug-likeness (QED) is 0.541. The Morgan fingerprint density at radius 3 is 2.67 bits per heavy atom. The second-order valence-corrected chi connectivity index (χ2v) is 3.56. The van der Waals surface area contributed by atoms with Gasteiger partial charge in [0.25, 0.3) is 0 Å². The van der Waals surface area contributed by atoms with E-state index in [0.717, 1.165) is 11.8 Å². The van der Waals surface area contributed by atoms with Crippen molar-refractivity contribution in [1.82, 2.24) is 0 Å². The fourth-order valence-corrected chi connectivity index (χ4v) is 1.12. The van der Waals surface area contributed by atoms with Crippen molar-refractivity contribution >= 4 is 0 Å². The molecule has 0 saturated heterocycles. The Bertz CT molecular complexity index is 68.1. The largest absolute Gasteiger partial charge is 0.0628 e. The molecule has 1 aliphatic rings. The molecule has 1 atom stereocenters. The minimum absolute atomic E-state index is 0.906. The molecule has 53 valence electrons. The van der Waals surface area contributed by atoms with Crippen LogP contribution in [0.5, 0.6) is 0 Å². The molecule has 1 saturated carbocycles. The minimum Gasteiger partial charge on any atom is -0.0628 e. The zero-order chi connectivity index (χ0) is 6.69. The zero-order valence-electron chi connectivity index (χ0n) is 6.56. The van der Waals surface area contributed by atoms with E-state index in [1.54, 1.807) is 0 Å². The highest BCUT2D eigenvalue weighted by molar-refractivity contribution is 4.93. The zero-order valence-corrected chi connectivity index (χ0v) is 6.56. The molecule has 0 amide bonds. The summed E-state index contributed by atoms with van der Waals surface area (Å²) in [6.07, 6.45) is 8.14. The van der Waals surface area contributed by atoms with Gasteiger partial charge in [0.2, 0.25) is 0 Å². The Labute approximate surface area is 58.7 Å². The monoisotopic (exact) mass is 125 g/mol. The van der Waals surface area contributed by atoms with Crippen LogP contribution in [-0.4, -0.2) is 0 Å². The minimum atomic E-state index is 0.906. The highest BCUT2D eigenvalue weighted by atomic mass is 14.3. The topological polar surface area (TPSA) is 0 Å². The lowest BCUT2D eigenvalue weighted by Gasteiger charge is -2.01. The lowest BCUT2D eigenvalue weighted by molar-refractivity contribution is 0.524. The molecular formula is C9H17. The summed E-state index contributed by atoms with van der Waals surface area (Å²) in [6, 6.07) is 0. The summed E-state index contributed by atoms with van der Waals surface area (Å²) in [7, 11) is 0. The van der Waals surface area contributed by atoms with Crippen molar-refractivity contribution in [2.45, 2.75) is 39.5 Å². The number of hydrogen-bond acceptors (Lipinski definition) is 0. The first-order valence-electron chi connectivity index (χ1n) is 4.12. The first-order chi connectivity index (χ1) is 4.29. The second kappa shape index (κ2) is 3.24. The Morgan fingerprint density at radius 1 is 1.56 bits per heavy atom. The van der Waals surface area contributed by atoms with Crippen LogP contribution >= 0.6 is 0 Å². The predicted octanol–water partition coefficient (Wildman–Crippen LogP) is 3.04. The maximum atomic E-state index is 2.42. The molecule has 0 aromatic rings. The molecule has 1 aliphatic carbocycles. The molecule has 0 heteroatoms. The Kier molecular flexibility index (Phi) is 2.56. The highest BCUT2D eigenvalue weighted by Crippen LogP contribution is 2.32. The molecule has 0 aliphatic heterocycles. The summed E-state index contributed by atoms with van der Waals surface area (Å²) >= 11 is 0. The van der Waals surface area contributed by atoms with E-state index in [9.17, 15) is 0 Å². The Morgan fingerprint density at radius 2 is 2.22 bits per heavy atom. The molecule has 1 fully saturated rings. The molecule has 1 radical (unpaired) electrons. The molecule has 0 heterocycles. The van der Waals surface area contributed by atoms with E-state index >= 15 is 0 Å². The van der Waals surface area contributed by atoms with Gasteiger partial charge in [-0.05, 0) is 24.7 Å². The van der Waals surface area contributed by atoms with Crippen LogP contribution in [0.1, 0.15) is 39.5 Å². The van der Waals surface area contributed by atoms with Crippen LogP contribution in [0.15, 0.2) is 0 Å². The van der Waals surface area contributed by atoms with E-state index < -0.39 is 0 Å². The van der Waals surface area contributed by atoms with Gasteiger partial charge in [-0.25, -0.2) is 0 Å². The van der Waals surface area contributed by atoms with Gasteiger partial charge in [-0.3, -0.25) is 0 Å². The third-order valence-electron chi connectivity index (χ3n) is 1.93. The van der Waals surface area contributed by atoms with E-state index in [1.807, 2.05) is 0 Å². The average molecular weight is 125 g/mol. The molecular weight excluding hydrogens is 108 g/mol. The van der Waals surface area contributed by atoms with Crippen molar-refractivity contribution in [1.29, 1.82) is 0 Å². The molecule has 0 aromatic carbocycles. The van der Waals surface area contributed by atoms with Gasteiger partial charge in [-0.15, -0.1) is 0 Å². The summed E-state index contributed by atoms with van der Waals surface area (Å²) in [6.45, 7) is 4.60. The van der Waals surface area contributed by atoms with Gasteiger partial charge in [0, 0.05) is 0 Å². The average Bonchev–Trinajstić information content (AvgIpc) is 2.48. The fourth-order valence-electron chi connectivity index (χ4n) is 1.12. The third kappa shape index (κ3) is 3.56. The van der Waals surface area contributed by atoms with Crippen molar-refractivity contribution in [3.8, 4) is 0 Å². The highest BCUT2D eigenvalue weighted by Gasteiger charge is 2.20. The smallest absolute Gasteiger partial charge is 0.0352 e. The summed E-state index contributed by atoms with van der Waals surface area (Å²) < 4.78 is 0. The van der Waals surface area contributed by atoms with Gasteiger partial charge >= 0.3 is 0 Å². The van der Waals surface area contributed by atoms with Crippen molar-refractivity contribution < 1.29 is 0 Å². The van der Waals surface area contributed by atoms with E-state index in [1.165, 1.54) is 25.7 Å². The van der Waals surface area contributed by atoms with Crippen molar-refractivity contribution in [2.24, 2.45) is 11.8 Å². The summed E-state index contributed by atoms with van der Waals surface area (Å²) in [4.78, 5) is 0. The van der Waals surface area contributed by atoms with Crippen molar-refractivity contribution in [2.75, 3.05) is 0 Å². The second-order valence-electron chi connectivity index (χ2n) is 3.56. The maximum Gasteiger partial charge on any atom is -0.0352 e. The standard InChI is InChI=1S/C9H17/c1-8(2)4-3-5-9-6-7-9/h6,8-9H,3-5,7H2,1-2H3. The van der Waals surface area contributed by atoms with Crippen molar-refractivity contribution in [3.05, 3.63) is 6.42 Å². The van der Waals surface area contributed by atoms with Crippen LogP contribution in [0.4, 0.5) is 0 Å². The third-order valence-corrected chi connectivity index (χ3v) is 1.93. The van der Waals surface area contributed by atoms with E-state index in [0.29, 0.717) is 0 Å². The van der Waals surface area contributed by atoms with Gasteiger partial charge < -0.3 is 0 Å². The molecule has 9 heavy (non-hydrogen) atoms. The van der Waals surface area contributed by atoms with E-state index in [2.05, 4.69) is 20.3 Å². The van der Waals surface area contributed by atoms with E-state index in [-0.39, 0.29) is 0 Å². The lowest BCUT2D eigenvalue weighted by atomic mass is 10.1.